The molecule has 92 valence electrons. The van der Waals surface area contributed by atoms with E-state index in [4.69, 9.17) is 0 Å². The second-order valence-electron chi connectivity index (χ2n) is 3.70. The molecule has 0 radical (unpaired) electrons. The highest BCUT2D eigenvalue weighted by Crippen LogP contribution is 2.17. The Bertz CT molecular complexity index is 584. The molecule has 1 aromatic carbocycles. The number of ketones is 1. The summed E-state index contributed by atoms with van der Waals surface area (Å²) in [5.74, 6) is -0.599. The monoisotopic (exact) mass is 371 g/mol. The van der Waals surface area contributed by atoms with Crippen LogP contribution in [0.25, 0.3) is 0 Å². The summed E-state index contributed by atoms with van der Waals surface area (Å²) in [4.78, 5) is 15.9. The quantitative estimate of drug-likeness (QED) is 0.757. The summed E-state index contributed by atoms with van der Waals surface area (Å²) in [5.41, 5.74) is 0.702. The van der Waals surface area contributed by atoms with Crippen LogP contribution in [0.1, 0.15) is 16.1 Å². The van der Waals surface area contributed by atoms with Crippen molar-refractivity contribution in [3.05, 3.63) is 62.5 Å². The van der Waals surface area contributed by atoms with Gasteiger partial charge >= 0.3 is 0 Å². The zero-order valence-corrected chi connectivity index (χ0v) is 12.3. The van der Waals surface area contributed by atoms with E-state index in [0.717, 1.165) is 4.47 Å². The molecule has 1 heterocycles. The number of carbonyl (C=O) groups is 1. The molecule has 0 atom stereocenters. The molecule has 0 aliphatic heterocycles. The van der Waals surface area contributed by atoms with Gasteiger partial charge in [0, 0.05) is 21.6 Å². The van der Waals surface area contributed by atoms with Crippen molar-refractivity contribution >= 4 is 37.6 Å². The number of hydrogen-bond donors (Lipinski definition) is 0. The van der Waals surface area contributed by atoms with Gasteiger partial charge in [-0.05, 0) is 45.8 Å². The molecule has 2 nitrogen and oxygen atoms in total. The molecule has 0 spiro atoms. The zero-order valence-electron chi connectivity index (χ0n) is 9.16. The second kappa shape index (κ2) is 5.71. The van der Waals surface area contributed by atoms with E-state index in [1.165, 1.54) is 6.07 Å². The summed E-state index contributed by atoms with van der Waals surface area (Å²) in [6, 6.07) is 8.00. The topological polar surface area (TPSA) is 30.0 Å². The fourth-order valence-corrected chi connectivity index (χ4v) is 2.04. The average Bonchev–Trinajstić information content (AvgIpc) is 2.33. The normalized spacial score (nSPS) is 10.4. The van der Waals surface area contributed by atoms with Crippen LogP contribution in [0, 0.1) is 5.82 Å². The van der Waals surface area contributed by atoms with Gasteiger partial charge in [0.15, 0.2) is 5.78 Å². The maximum absolute atomic E-state index is 13.6. The molecule has 0 aliphatic rings. The van der Waals surface area contributed by atoms with E-state index in [9.17, 15) is 9.18 Å². The Hall–Kier alpha value is -1.07. The van der Waals surface area contributed by atoms with E-state index < -0.39 is 5.82 Å². The number of rotatable bonds is 3. The minimum absolute atomic E-state index is 0.00768. The third kappa shape index (κ3) is 3.23. The van der Waals surface area contributed by atoms with E-state index in [1.54, 1.807) is 30.5 Å². The molecular formula is C13H8Br2FNO. The lowest BCUT2D eigenvalue weighted by atomic mass is 10.1. The summed E-state index contributed by atoms with van der Waals surface area (Å²) in [5, 5.41) is 0. The van der Waals surface area contributed by atoms with Gasteiger partial charge in [-0.25, -0.2) is 4.39 Å². The molecule has 2 rings (SSSR count). The number of hydrogen-bond acceptors (Lipinski definition) is 2. The highest BCUT2D eigenvalue weighted by Gasteiger charge is 2.11. The smallest absolute Gasteiger partial charge is 0.185 e. The fraction of sp³-hybridized carbons (Fsp3) is 0.0769. The molecule has 5 heteroatoms. The van der Waals surface area contributed by atoms with Crippen LogP contribution in [0.15, 0.2) is 45.5 Å². The number of pyridine rings is 1. The zero-order chi connectivity index (χ0) is 13.1. The maximum atomic E-state index is 13.6. The van der Waals surface area contributed by atoms with Gasteiger partial charge in [-0.2, -0.15) is 0 Å². The molecule has 2 aromatic rings. The van der Waals surface area contributed by atoms with Crippen molar-refractivity contribution in [2.75, 3.05) is 0 Å². The van der Waals surface area contributed by atoms with Crippen molar-refractivity contribution < 1.29 is 9.18 Å². The first-order valence-electron chi connectivity index (χ1n) is 5.15. The predicted molar refractivity (Wildman–Crippen MR) is 74.1 cm³/mol. The molecule has 0 saturated heterocycles. The molecule has 0 unspecified atom stereocenters. The predicted octanol–water partition coefficient (Wildman–Crippen LogP) is 4.17. The highest BCUT2D eigenvalue weighted by molar-refractivity contribution is 9.10. The largest absolute Gasteiger partial charge is 0.292 e. The molecular weight excluding hydrogens is 365 g/mol. The van der Waals surface area contributed by atoms with Gasteiger partial charge in [0.1, 0.15) is 11.5 Å². The Labute approximate surface area is 121 Å². The van der Waals surface area contributed by atoms with Crippen LogP contribution in [0.5, 0.6) is 0 Å². The van der Waals surface area contributed by atoms with Crippen LogP contribution in [0.4, 0.5) is 4.39 Å². The van der Waals surface area contributed by atoms with E-state index in [-0.39, 0.29) is 12.2 Å². The van der Waals surface area contributed by atoms with E-state index >= 15 is 0 Å². The minimum atomic E-state index is -0.394. The first-order valence-corrected chi connectivity index (χ1v) is 6.73. The van der Waals surface area contributed by atoms with E-state index in [1.807, 2.05) is 0 Å². The van der Waals surface area contributed by atoms with Crippen LogP contribution in [-0.2, 0) is 6.42 Å². The van der Waals surface area contributed by atoms with Crippen LogP contribution < -0.4 is 0 Å². The van der Waals surface area contributed by atoms with Crippen molar-refractivity contribution in [3.8, 4) is 0 Å². The molecule has 0 aliphatic carbocycles. The number of benzene rings is 1. The molecule has 18 heavy (non-hydrogen) atoms. The van der Waals surface area contributed by atoms with E-state index in [2.05, 4.69) is 36.8 Å². The van der Waals surface area contributed by atoms with Gasteiger partial charge in [0.25, 0.3) is 0 Å². The Kier molecular flexibility index (Phi) is 4.24. The number of carbonyl (C=O) groups excluding carboxylic acids is 1. The van der Waals surface area contributed by atoms with Crippen LogP contribution in [-0.4, -0.2) is 10.8 Å². The summed E-state index contributed by atoms with van der Waals surface area (Å²) in [6.45, 7) is 0. The van der Waals surface area contributed by atoms with E-state index in [0.29, 0.717) is 15.7 Å². The third-order valence-electron chi connectivity index (χ3n) is 2.38. The van der Waals surface area contributed by atoms with Crippen molar-refractivity contribution in [1.29, 1.82) is 0 Å². The molecule has 1 aromatic heterocycles. The highest BCUT2D eigenvalue weighted by atomic mass is 79.9. The Balaban J connectivity index is 2.18. The van der Waals surface area contributed by atoms with Gasteiger partial charge < -0.3 is 0 Å². The first kappa shape index (κ1) is 13.4. The number of aromatic nitrogens is 1. The SMILES string of the molecule is O=C(Cc1ccc(Br)cc1F)c1ccc(Br)cn1. The van der Waals surface area contributed by atoms with Crippen LogP contribution in [0.3, 0.4) is 0 Å². The van der Waals surface area contributed by atoms with Gasteiger partial charge in [-0.15, -0.1) is 0 Å². The van der Waals surface area contributed by atoms with Crippen molar-refractivity contribution in [1.82, 2.24) is 4.98 Å². The Morgan fingerprint density at radius 2 is 1.89 bits per heavy atom. The molecule has 0 fully saturated rings. The standard InChI is InChI=1S/C13H8Br2FNO/c14-9-2-1-8(11(16)6-9)5-13(18)12-4-3-10(15)7-17-12/h1-4,6-7H,5H2. The fourth-order valence-electron chi connectivity index (χ4n) is 1.47. The number of nitrogens with zero attached hydrogens (tertiary/aromatic N) is 1. The third-order valence-corrected chi connectivity index (χ3v) is 3.34. The summed E-state index contributed by atoms with van der Waals surface area (Å²) >= 11 is 6.41. The average molecular weight is 373 g/mol. The number of Topliss-reactive ketones (excluding diaryl/α,β-unsaturated/α-hetero) is 1. The van der Waals surface area contributed by atoms with Crippen molar-refractivity contribution in [2.24, 2.45) is 0 Å². The molecule has 0 bridgehead atoms. The lowest BCUT2D eigenvalue weighted by Gasteiger charge is -2.03. The van der Waals surface area contributed by atoms with Gasteiger partial charge in [0.05, 0.1) is 0 Å². The summed E-state index contributed by atoms with van der Waals surface area (Å²) in [6.07, 6.45) is 1.55. The molecule has 0 saturated carbocycles. The van der Waals surface area contributed by atoms with Crippen LogP contribution >= 0.6 is 31.9 Å². The van der Waals surface area contributed by atoms with Crippen molar-refractivity contribution in [3.63, 3.8) is 0 Å². The van der Waals surface area contributed by atoms with Gasteiger partial charge in [-0.3, -0.25) is 9.78 Å². The minimum Gasteiger partial charge on any atom is -0.292 e. The number of halogens is 3. The Morgan fingerprint density at radius 1 is 1.17 bits per heavy atom. The molecule has 0 N–H and O–H groups in total. The summed E-state index contributed by atoms with van der Waals surface area (Å²) < 4.78 is 15.0. The lowest BCUT2D eigenvalue weighted by molar-refractivity contribution is 0.0987. The van der Waals surface area contributed by atoms with Gasteiger partial charge in [0.2, 0.25) is 0 Å². The second-order valence-corrected chi connectivity index (χ2v) is 5.53. The maximum Gasteiger partial charge on any atom is 0.185 e. The lowest BCUT2D eigenvalue weighted by Crippen LogP contribution is -2.07. The van der Waals surface area contributed by atoms with Gasteiger partial charge in [-0.1, -0.05) is 22.0 Å². The first-order chi connectivity index (χ1) is 8.56. The molecule has 0 amide bonds. The van der Waals surface area contributed by atoms with Crippen molar-refractivity contribution in [2.45, 2.75) is 6.42 Å². The Morgan fingerprint density at radius 3 is 2.50 bits per heavy atom. The van der Waals surface area contributed by atoms with Crippen LogP contribution in [0.2, 0.25) is 0 Å². The summed E-state index contributed by atoms with van der Waals surface area (Å²) in [7, 11) is 0.